The molecule has 0 saturated carbocycles. The minimum absolute atomic E-state index is 0. The second kappa shape index (κ2) is 27.7. The summed E-state index contributed by atoms with van der Waals surface area (Å²) in [6, 6.07) is 15.5. The van der Waals surface area contributed by atoms with Crippen molar-refractivity contribution in [2.45, 2.75) is 178 Å². The van der Waals surface area contributed by atoms with Crippen LogP contribution in [0.15, 0.2) is 86.0 Å². The van der Waals surface area contributed by atoms with Crippen molar-refractivity contribution in [3.8, 4) is 49.4 Å². The monoisotopic (exact) mass is 1190 g/mol. The first-order chi connectivity index (χ1) is 32.6. The van der Waals surface area contributed by atoms with Gasteiger partial charge in [0, 0.05) is 122 Å². The number of halogens is 4. The lowest BCUT2D eigenvalue weighted by molar-refractivity contribution is -0.697. The van der Waals surface area contributed by atoms with Crippen molar-refractivity contribution in [2.24, 2.45) is 0 Å². The highest BCUT2D eigenvalue weighted by Crippen LogP contribution is 2.50. The second-order valence-corrected chi connectivity index (χ2v) is 19.8. The molecule has 4 aliphatic rings. The Morgan fingerprint density at radius 2 is 0.586 bits per heavy atom. The fourth-order valence-electron chi connectivity index (χ4n) is 12.4. The van der Waals surface area contributed by atoms with Crippen LogP contribution in [-0.2, 0) is 51.9 Å². The zero-order valence-corrected chi connectivity index (χ0v) is 47.3. The molecule has 0 spiro atoms. The quantitative estimate of drug-likeness (QED) is 0.0643. The third kappa shape index (κ3) is 13.0. The molecule has 0 aliphatic heterocycles. The summed E-state index contributed by atoms with van der Waals surface area (Å²) in [6.45, 7) is 3.86. The lowest BCUT2D eigenvalue weighted by Gasteiger charge is -2.36. The SMILES string of the molecule is C#CCCC[n+]1ccc2c(c1)CCCC2c1cc(C2CCCc3c[n+](CCCC#C)ccc32)c(C2CCCc3c[n+](CCCC#C)ccc32)cc1C1CCCc2c[n+](CCCC#C)ccc21.[Br-].[Br-].[Br-].[Br-]. The van der Waals surface area contributed by atoms with Crippen molar-refractivity contribution < 1.29 is 86.2 Å². The molecule has 0 bridgehead atoms. The van der Waals surface area contributed by atoms with E-state index in [4.69, 9.17) is 25.7 Å². The van der Waals surface area contributed by atoms with Gasteiger partial charge in [-0.15, -0.1) is 49.4 Å². The van der Waals surface area contributed by atoms with Gasteiger partial charge in [-0.25, -0.2) is 18.3 Å². The molecule has 9 rings (SSSR count). The van der Waals surface area contributed by atoms with Crippen molar-refractivity contribution in [1.82, 2.24) is 0 Å². The molecular formula is C62H70Br4N4. The number of terminal acetylenes is 4. The Kier molecular flexibility index (Phi) is 22.5. The first kappa shape index (κ1) is 56.9. The number of pyridine rings is 4. The molecule has 366 valence electrons. The standard InChI is InChI=1S/C62H70N4.4BrH/c1-5-9-13-33-63-37-29-51-47(43-63)21-17-25-55(51)59-41-61(57-27-19-23-49-45-65(35-15-11-7-3)39-31-53(49)57)62(58-28-20-24-50-46-66(36-16-12-8-4)40-32-54(50)58)42-60(59)56-26-18-22-48-44-64(34-14-10-6-2)38-30-52(48)56;;;;/h1-4,29-32,37-46,55-58H,9-28,33-36H2;4*1H/q+4;;;;/p-4. The number of benzene rings is 1. The highest BCUT2D eigenvalue weighted by Gasteiger charge is 2.37. The average molecular weight is 1190 g/mol. The molecule has 4 heterocycles. The maximum Gasteiger partial charge on any atom is 0.172 e. The van der Waals surface area contributed by atoms with Gasteiger partial charge < -0.3 is 67.9 Å². The lowest BCUT2D eigenvalue weighted by atomic mass is 9.67. The summed E-state index contributed by atoms with van der Waals surface area (Å²) < 4.78 is 9.56. The third-order valence-electron chi connectivity index (χ3n) is 15.5. The lowest BCUT2D eigenvalue weighted by Crippen LogP contribution is -3.00. The van der Waals surface area contributed by atoms with Gasteiger partial charge in [-0.1, -0.05) is 12.1 Å². The van der Waals surface area contributed by atoms with Gasteiger partial charge in [-0.05, 0) is 122 Å². The normalized spacial score (nSPS) is 18.3. The van der Waals surface area contributed by atoms with E-state index in [1.54, 1.807) is 22.3 Å². The molecule has 0 fully saturated rings. The Morgan fingerprint density at radius 1 is 0.357 bits per heavy atom. The summed E-state index contributed by atoms with van der Waals surface area (Å²) in [7, 11) is 0. The van der Waals surface area contributed by atoms with Crippen LogP contribution in [0.1, 0.15) is 193 Å². The van der Waals surface area contributed by atoms with E-state index < -0.39 is 0 Å². The molecule has 1 aromatic carbocycles. The van der Waals surface area contributed by atoms with E-state index >= 15 is 0 Å². The van der Waals surface area contributed by atoms with E-state index in [0.717, 1.165) is 103 Å². The van der Waals surface area contributed by atoms with Gasteiger partial charge in [0.05, 0.1) is 0 Å². The smallest absolute Gasteiger partial charge is 0.172 e. The zero-order chi connectivity index (χ0) is 45.2. The van der Waals surface area contributed by atoms with Gasteiger partial charge >= 0.3 is 0 Å². The summed E-state index contributed by atoms with van der Waals surface area (Å²) in [5, 5.41) is 0. The number of hydrogen-bond donors (Lipinski definition) is 0. The summed E-state index contributed by atoms with van der Waals surface area (Å²) in [6.07, 6.45) is 63.2. The molecule has 0 saturated heterocycles. The van der Waals surface area contributed by atoms with Crippen molar-refractivity contribution in [3.63, 3.8) is 0 Å². The minimum Gasteiger partial charge on any atom is -1.00 e. The predicted molar refractivity (Wildman–Crippen MR) is 264 cm³/mol. The Labute approximate surface area is 463 Å². The van der Waals surface area contributed by atoms with Gasteiger partial charge in [0.25, 0.3) is 0 Å². The molecule has 70 heavy (non-hydrogen) atoms. The maximum atomic E-state index is 5.67. The number of nitrogens with zero attached hydrogens (tertiary/aromatic N) is 4. The molecule has 0 N–H and O–H groups in total. The van der Waals surface area contributed by atoms with Crippen LogP contribution in [0.4, 0.5) is 0 Å². The van der Waals surface area contributed by atoms with Crippen LogP contribution in [0.2, 0.25) is 0 Å². The Morgan fingerprint density at radius 3 is 0.800 bits per heavy atom. The third-order valence-corrected chi connectivity index (χ3v) is 15.5. The molecule has 4 atom stereocenters. The first-order valence-corrected chi connectivity index (χ1v) is 25.6. The largest absolute Gasteiger partial charge is 1.00 e. The molecule has 0 amide bonds. The van der Waals surface area contributed by atoms with Crippen LogP contribution < -0.4 is 86.2 Å². The van der Waals surface area contributed by atoms with E-state index in [1.165, 1.54) is 95.9 Å². The summed E-state index contributed by atoms with van der Waals surface area (Å²) in [5.74, 6) is 12.8. The van der Waals surface area contributed by atoms with Gasteiger partial charge in [0.1, 0.15) is 26.2 Å². The summed E-state index contributed by atoms with van der Waals surface area (Å²) >= 11 is 0. The Balaban J connectivity index is 0.00000228. The molecule has 8 heteroatoms. The summed E-state index contributed by atoms with van der Waals surface area (Å²) in [4.78, 5) is 0. The van der Waals surface area contributed by atoms with Crippen LogP contribution in [-0.4, -0.2) is 0 Å². The average Bonchev–Trinajstić information content (AvgIpc) is 3.35. The number of unbranched alkanes of at least 4 members (excludes halogenated alkanes) is 4. The fraction of sp³-hybridized carbons (Fsp3) is 0.452. The van der Waals surface area contributed by atoms with Crippen molar-refractivity contribution >= 4 is 0 Å². The topological polar surface area (TPSA) is 15.5 Å². The van der Waals surface area contributed by atoms with Gasteiger partial charge in [0.2, 0.25) is 0 Å². The molecule has 4 unspecified atom stereocenters. The molecule has 5 aromatic rings. The van der Waals surface area contributed by atoms with E-state index in [1.807, 2.05) is 0 Å². The fourth-order valence-corrected chi connectivity index (χ4v) is 12.4. The zero-order valence-electron chi connectivity index (χ0n) is 41.0. The summed E-state index contributed by atoms with van der Waals surface area (Å²) in [5.41, 5.74) is 18.5. The molecule has 4 aliphatic carbocycles. The van der Waals surface area contributed by atoms with E-state index in [9.17, 15) is 0 Å². The Bertz CT molecular complexity index is 2360. The van der Waals surface area contributed by atoms with Crippen LogP contribution in [0, 0.1) is 49.4 Å². The van der Waals surface area contributed by atoms with Gasteiger partial charge in [-0.2, -0.15) is 0 Å². The molecule has 4 nitrogen and oxygen atoms in total. The van der Waals surface area contributed by atoms with Crippen molar-refractivity contribution in [3.05, 3.63) is 153 Å². The van der Waals surface area contributed by atoms with Crippen molar-refractivity contribution in [2.75, 3.05) is 0 Å². The number of aryl methyl sites for hydroxylation is 8. The number of fused-ring (bicyclic) bond motifs is 4. The number of hydrogen-bond acceptors (Lipinski definition) is 0. The van der Waals surface area contributed by atoms with E-state index in [0.29, 0.717) is 23.7 Å². The van der Waals surface area contributed by atoms with Gasteiger partial charge in [0.15, 0.2) is 49.6 Å². The number of aromatic nitrogens is 4. The van der Waals surface area contributed by atoms with Crippen molar-refractivity contribution in [1.29, 1.82) is 0 Å². The van der Waals surface area contributed by atoms with Crippen LogP contribution in [0.25, 0.3) is 0 Å². The maximum absolute atomic E-state index is 5.67. The second-order valence-electron chi connectivity index (χ2n) is 19.8. The van der Waals surface area contributed by atoms with E-state index in [2.05, 4.69) is 128 Å². The van der Waals surface area contributed by atoms with Crippen LogP contribution in [0.5, 0.6) is 0 Å². The van der Waals surface area contributed by atoms with Crippen LogP contribution in [0.3, 0.4) is 0 Å². The Hall–Kier alpha value is -4.02. The highest BCUT2D eigenvalue weighted by molar-refractivity contribution is 5.56. The highest BCUT2D eigenvalue weighted by atomic mass is 79.9. The molecule has 4 aromatic heterocycles. The predicted octanol–water partition coefficient (Wildman–Crippen LogP) is -1.62. The first-order valence-electron chi connectivity index (χ1n) is 25.6. The molecular weight excluding hydrogens is 1120 g/mol. The van der Waals surface area contributed by atoms with Crippen LogP contribution >= 0.6 is 0 Å². The van der Waals surface area contributed by atoms with Gasteiger partial charge in [-0.3, -0.25) is 0 Å². The van der Waals surface area contributed by atoms with E-state index in [-0.39, 0.29) is 67.9 Å². The number of rotatable bonds is 16. The molecule has 0 radical (unpaired) electrons. The minimum atomic E-state index is 0.